The second-order valence-corrected chi connectivity index (χ2v) is 6.87. The van der Waals surface area contributed by atoms with Crippen LogP contribution in [0.15, 0.2) is 83.4 Å². The third-order valence-electron chi connectivity index (χ3n) is 4.07. The molecule has 3 rings (SSSR count). The normalized spacial score (nSPS) is 14.7. The molecular formula is C22H22ClN7. The molecule has 0 radical (unpaired) electrons. The van der Waals surface area contributed by atoms with E-state index in [0.29, 0.717) is 34.6 Å². The number of allylic oxidation sites excluding steroid dienone is 2. The number of anilines is 1. The minimum Gasteiger partial charge on any atom is -0.366 e. The van der Waals surface area contributed by atoms with E-state index < -0.39 is 0 Å². The third kappa shape index (κ3) is 6.15. The second-order valence-electron chi connectivity index (χ2n) is 6.43. The van der Waals surface area contributed by atoms with Gasteiger partial charge in [-0.2, -0.15) is 0 Å². The van der Waals surface area contributed by atoms with E-state index in [2.05, 4.69) is 25.9 Å². The van der Waals surface area contributed by atoms with E-state index in [1.165, 1.54) is 0 Å². The van der Waals surface area contributed by atoms with Gasteiger partial charge in [0.25, 0.3) is 0 Å². The zero-order chi connectivity index (χ0) is 21.3. The highest BCUT2D eigenvalue weighted by Gasteiger charge is 2.11. The summed E-state index contributed by atoms with van der Waals surface area (Å²) in [6.07, 6.45) is 7.91. The lowest BCUT2D eigenvalue weighted by molar-refractivity contribution is 0.911. The molecule has 1 aliphatic rings. The summed E-state index contributed by atoms with van der Waals surface area (Å²) in [5.74, 6) is 1.40. The Balaban J connectivity index is 1.83. The van der Waals surface area contributed by atoms with Crippen LogP contribution in [0.2, 0.25) is 5.02 Å². The highest BCUT2D eigenvalue weighted by molar-refractivity contribution is 6.30. The van der Waals surface area contributed by atoms with Gasteiger partial charge in [0.1, 0.15) is 17.5 Å². The maximum atomic E-state index is 8.35. The Bertz CT molecular complexity index is 1050. The predicted octanol–water partition coefficient (Wildman–Crippen LogP) is 4.16. The van der Waals surface area contributed by atoms with Crippen LogP contribution in [0.4, 0.5) is 5.82 Å². The lowest BCUT2D eigenvalue weighted by Crippen LogP contribution is -2.24. The molecule has 0 unspecified atom stereocenters. The number of amidine groups is 1. The molecule has 2 heterocycles. The molecule has 152 valence electrons. The van der Waals surface area contributed by atoms with E-state index in [1.54, 1.807) is 24.4 Å². The fraction of sp³-hybridized carbons (Fsp3) is 0.0909. The van der Waals surface area contributed by atoms with E-state index in [1.807, 2.05) is 49.4 Å². The molecule has 5 N–H and O–H groups in total. The van der Waals surface area contributed by atoms with E-state index in [-0.39, 0.29) is 5.84 Å². The van der Waals surface area contributed by atoms with Gasteiger partial charge in [-0.25, -0.2) is 9.98 Å². The molecule has 0 amide bonds. The highest BCUT2D eigenvalue weighted by Crippen LogP contribution is 2.13. The lowest BCUT2D eigenvalue weighted by atomic mass is 10.2. The van der Waals surface area contributed by atoms with E-state index in [0.717, 1.165) is 17.5 Å². The van der Waals surface area contributed by atoms with Crippen LogP contribution < -0.4 is 16.0 Å². The summed E-state index contributed by atoms with van der Waals surface area (Å²) in [6.45, 7) is 2.41. The molecule has 1 aromatic heterocycles. The number of halogens is 1. The molecule has 8 heteroatoms. The molecular weight excluding hydrogens is 398 g/mol. The predicted molar refractivity (Wildman–Crippen MR) is 123 cm³/mol. The standard InChI is InChI=1S/C22H22ClN7/c1-15-3-2-4-22(28-15)30-19(18-10-12-26-21(29-18)9-11-24)13-20(25)27-14-16-5-7-17(23)8-6-16/h2-13,24,26H,14H2,1H3,(H2,25,27)(H,28,30)/b19-13-,21-9+,24-11?. The summed E-state index contributed by atoms with van der Waals surface area (Å²) >= 11 is 5.92. The SMILES string of the molecule is Cc1cccc(N/C(=C\C(=N)NCc2ccc(Cl)cc2)C2=N/C(=C/C=N)NC=C2)n1. The Morgan fingerprint density at radius 3 is 2.73 bits per heavy atom. The van der Waals surface area contributed by atoms with Crippen LogP contribution >= 0.6 is 11.6 Å². The Morgan fingerprint density at radius 2 is 2.00 bits per heavy atom. The Hall–Kier alpha value is -3.71. The molecule has 1 aromatic carbocycles. The van der Waals surface area contributed by atoms with Crippen molar-refractivity contribution in [3.8, 4) is 0 Å². The number of hydrogen-bond acceptors (Lipinski definition) is 6. The number of hydrogen-bond donors (Lipinski definition) is 5. The molecule has 30 heavy (non-hydrogen) atoms. The maximum Gasteiger partial charge on any atom is 0.132 e. The second kappa shape index (κ2) is 10.2. The topological polar surface area (TPSA) is 109 Å². The van der Waals surface area contributed by atoms with Crippen LogP contribution in [0.5, 0.6) is 0 Å². The minimum atomic E-state index is 0.215. The molecule has 0 saturated heterocycles. The third-order valence-corrected chi connectivity index (χ3v) is 4.32. The number of benzene rings is 1. The number of nitrogens with zero attached hydrogens (tertiary/aromatic N) is 2. The van der Waals surface area contributed by atoms with Crippen LogP contribution in [-0.4, -0.2) is 22.7 Å². The van der Waals surface area contributed by atoms with Crippen LogP contribution in [0.1, 0.15) is 11.3 Å². The van der Waals surface area contributed by atoms with Crippen molar-refractivity contribution in [3.05, 3.63) is 94.7 Å². The Morgan fingerprint density at radius 1 is 1.20 bits per heavy atom. The van der Waals surface area contributed by atoms with E-state index in [4.69, 9.17) is 22.4 Å². The summed E-state index contributed by atoms with van der Waals surface area (Å²) in [6, 6.07) is 13.1. The molecule has 0 saturated carbocycles. The van der Waals surface area contributed by atoms with Crippen LogP contribution in [0.3, 0.4) is 0 Å². The molecule has 0 aliphatic carbocycles. The number of nitrogens with one attached hydrogen (secondary N) is 5. The van der Waals surface area contributed by atoms with E-state index >= 15 is 0 Å². The molecule has 2 aromatic rings. The van der Waals surface area contributed by atoms with Crippen molar-refractivity contribution in [1.29, 1.82) is 10.8 Å². The summed E-state index contributed by atoms with van der Waals surface area (Å²) in [5, 5.41) is 25.6. The average molecular weight is 420 g/mol. The van der Waals surface area contributed by atoms with Crippen molar-refractivity contribution in [2.75, 3.05) is 5.32 Å². The quantitative estimate of drug-likeness (QED) is 0.343. The van der Waals surface area contributed by atoms with Gasteiger partial charge in [-0.1, -0.05) is 29.8 Å². The summed E-state index contributed by atoms with van der Waals surface area (Å²) in [4.78, 5) is 8.97. The van der Waals surface area contributed by atoms with Crippen molar-refractivity contribution in [1.82, 2.24) is 15.6 Å². The van der Waals surface area contributed by atoms with E-state index in [9.17, 15) is 0 Å². The first-order valence-corrected chi connectivity index (χ1v) is 9.63. The van der Waals surface area contributed by atoms with Crippen molar-refractivity contribution >= 4 is 35.2 Å². The fourth-order valence-corrected chi connectivity index (χ4v) is 2.77. The maximum absolute atomic E-state index is 8.35. The van der Waals surface area contributed by atoms with Gasteiger partial charge in [0.15, 0.2) is 0 Å². The number of aliphatic imine (C=N–C) groups is 1. The first-order valence-electron chi connectivity index (χ1n) is 9.25. The first-order chi connectivity index (χ1) is 14.5. The zero-order valence-electron chi connectivity index (χ0n) is 16.4. The molecule has 7 nitrogen and oxygen atoms in total. The van der Waals surface area contributed by atoms with Crippen molar-refractivity contribution in [2.24, 2.45) is 4.99 Å². The van der Waals surface area contributed by atoms with Gasteiger partial charge in [-0.05, 0) is 48.9 Å². The van der Waals surface area contributed by atoms with Gasteiger partial charge in [-0.3, -0.25) is 5.41 Å². The lowest BCUT2D eigenvalue weighted by Gasteiger charge is -2.16. The molecule has 0 bridgehead atoms. The fourth-order valence-electron chi connectivity index (χ4n) is 2.64. The van der Waals surface area contributed by atoms with Crippen LogP contribution in [0.25, 0.3) is 0 Å². The number of rotatable bonds is 7. The molecule has 1 aliphatic heterocycles. The summed E-state index contributed by atoms with van der Waals surface area (Å²) in [5.41, 5.74) is 3.11. The Labute approximate surface area is 180 Å². The van der Waals surface area contributed by atoms with Crippen molar-refractivity contribution < 1.29 is 0 Å². The Kier molecular flexibility index (Phi) is 7.13. The van der Waals surface area contributed by atoms with Gasteiger partial charge in [0, 0.05) is 35.8 Å². The molecule has 0 fully saturated rings. The number of aryl methyl sites for hydroxylation is 1. The molecule has 0 spiro atoms. The van der Waals surface area contributed by atoms with Crippen molar-refractivity contribution in [2.45, 2.75) is 13.5 Å². The number of aromatic nitrogens is 1. The first kappa shape index (κ1) is 21.0. The summed E-state index contributed by atoms with van der Waals surface area (Å²) < 4.78 is 0. The van der Waals surface area contributed by atoms with Gasteiger partial charge in [0.2, 0.25) is 0 Å². The summed E-state index contributed by atoms with van der Waals surface area (Å²) in [7, 11) is 0. The number of pyridine rings is 1. The van der Waals surface area contributed by atoms with Crippen LogP contribution in [0, 0.1) is 17.7 Å². The van der Waals surface area contributed by atoms with Crippen LogP contribution in [-0.2, 0) is 6.54 Å². The monoisotopic (exact) mass is 419 g/mol. The van der Waals surface area contributed by atoms with Gasteiger partial charge >= 0.3 is 0 Å². The minimum absolute atomic E-state index is 0.215. The molecule has 0 atom stereocenters. The highest BCUT2D eigenvalue weighted by atomic mass is 35.5. The van der Waals surface area contributed by atoms with Crippen molar-refractivity contribution in [3.63, 3.8) is 0 Å². The van der Waals surface area contributed by atoms with Gasteiger partial charge < -0.3 is 21.4 Å². The largest absolute Gasteiger partial charge is 0.366 e. The van der Waals surface area contributed by atoms with Gasteiger partial charge in [0.05, 0.1) is 11.4 Å². The zero-order valence-corrected chi connectivity index (χ0v) is 17.2. The smallest absolute Gasteiger partial charge is 0.132 e. The average Bonchev–Trinajstić information content (AvgIpc) is 2.73. The van der Waals surface area contributed by atoms with Gasteiger partial charge in [-0.15, -0.1) is 0 Å².